The van der Waals surface area contributed by atoms with Gasteiger partial charge >= 0.3 is 0 Å². The number of nitriles is 1. The first kappa shape index (κ1) is 16.8. The largest absolute Gasteiger partial charge is 0.336 e. The molecule has 2 N–H and O–H groups in total. The van der Waals surface area contributed by atoms with Crippen LogP contribution in [0, 0.1) is 23.0 Å². The lowest BCUT2D eigenvalue weighted by molar-refractivity contribution is -0.123. The van der Waals surface area contributed by atoms with Gasteiger partial charge in [0.2, 0.25) is 5.91 Å². The highest BCUT2D eigenvalue weighted by Gasteiger charge is 2.47. The predicted molar refractivity (Wildman–Crippen MR) is 79.5 cm³/mol. The van der Waals surface area contributed by atoms with Crippen molar-refractivity contribution in [2.45, 2.75) is 41.0 Å². The number of amides is 1. The molecule has 2 fully saturated rings. The highest BCUT2D eigenvalue weighted by molar-refractivity contribution is 7.92. The number of benzene rings is 1. The average molecular weight is 355 g/mol. The number of hydrogen-bond donors (Lipinski definition) is 2. The van der Waals surface area contributed by atoms with E-state index in [4.69, 9.17) is 5.26 Å². The molecule has 0 unspecified atom stereocenters. The fourth-order valence-electron chi connectivity index (χ4n) is 2.74. The minimum atomic E-state index is -4.04. The molecule has 6 nitrogen and oxygen atoms in total. The van der Waals surface area contributed by atoms with Crippen molar-refractivity contribution in [2.75, 3.05) is 6.54 Å². The molecule has 1 aliphatic carbocycles. The molecule has 0 aromatic heterocycles. The third-order valence-electron chi connectivity index (χ3n) is 4.37. The molecule has 1 saturated heterocycles. The van der Waals surface area contributed by atoms with Gasteiger partial charge in [-0.1, -0.05) is 0 Å². The number of halogens is 2. The number of nitrogens with zero attached hydrogens (tertiary/aromatic N) is 1. The molecule has 0 bridgehead atoms. The van der Waals surface area contributed by atoms with Crippen molar-refractivity contribution in [3.05, 3.63) is 29.8 Å². The SMILES string of the molecule is N#CC1(NC(=O)[C@@H]2C[C@@H](S(=O)(=O)c3ccc(F)cc3F)CN2)CC1. The molecule has 1 amide bonds. The van der Waals surface area contributed by atoms with Crippen LogP contribution < -0.4 is 10.6 Å². The molecule has 1 heterocycles. The molecule has 1 aromatic carbocycles. The molecule has 1 aliphatic heterocycles. The van der Waals surface area contributed by atoms with Gasteiger partial charge in [0.25, 0.3) is 0 Å². The molecule has 1 aromatic rings. The molecule has 0 radical (unpaired) electrons. The Morgan fingerprint density at radius 1 is 1.38 bits per heavy atom. The Bertz CT molecular complexity index is 831. The molecule has 2 atom stereocenters. The van der Waals surface area contributed by atoms with E-state index >= 15 is 0 Å². The van der Waals surface area contributed by atoms with E-state index < -0.39 is 49.1 Å². The Balaban J connectivity index is 1.73. The van der Waals surface area contributed by atoms with Gasteiger partial charge in [-0.25, -0.2) is 17.2 Å². The lowest BCUT2D eigenvalue weighted by Gasteiger charge is -2.14. The van der Waals surface area contributed by atoms with Crippen LogP contribution >= 0.6 is 0 Å². The topological polar surface area (TPSA) is 99.1 Å². The summed E-state index contributed by atoms with van der Waals surface area (Å²) < 4.78 is 51.7. The number of rotatable bonds is 4. The van der Waals surface area contributed by atoms with Crippen molar-refractivity contribution >= 4 is 15.7 Å². The van der Waals surface area contributed by atoms with Crippen LogP contribution in [0.4, 0.5) is 8.78 Å². The van der Waals surface area contributed by atoms with Gasteiger partial charge in [-0.15, -0.1) is 0 Å². The van der Waals surface area contributed by atoms with Crippen molar-refractivity contribution in [1.29, 1.82) is 5.26 Å². The predicted octanol–water partition coefficient (Wildman–Crippen LogP) is 0.641. The van der Waals surface area contributed by atoms with E-state index in [1.165, 1.54) is 0 Å². The van der Waals surface area contributed by atoms with E-state index in [2.05, 4.69) is 10.6 Å². The first-order valence-corrected chi connectivity index (χ1v) is 8.98. The average Bonchev–Trinajstić information content (AvgIpc) is 3.10. The van der Waals surface area contributed by atoms with Gasteiger partial charge < -0.3 is 10.6 Å². The normalized spacial score (nSPS) is 25.0. The summed E-state index contributed by atoms with van der Waals surface area (Å²) in [5.74, 6) is -2.45. The van der Waals surface area contributed by atoms with Crippen LogP contribution in [0.1, 0.15) is 19.3 Å². The summed E-state index contributed by atoms with van der Waals surface area (Å²) in [7, 11) is -4.04. The standard InChI is InChI=1S/C15H15F2N3O3S/c16-9-1-2-13(11(17)5-9)24(22,23)10-6-12(19-7-10)14(21)20-15(8-18)3-4-15/h1-2,5,10,12,19H,3-4,6-7H2,(H,20,21)/t10-,12+/m1/s1. The summed E-state index contributed by atoms with van der Waals surface area (Å²) in [4.78, 5) is 11.6. The second kappa shape index (κ2) is 5.79. The zero-order chi connectivity index (χ0) is 17.5. The smallest absolute Gasteiger partial charge is 0.238 e. The van der Waals surface area contributed by atoms with E-state index in [1.54, 1.807) is 0 Å². The number of hydrogen-bond acceptors (Lipinski definition) is 5. The van der Waals surface area contributed by atoms with Crippen LogP contribution in [0.2, 0.25) is 0 Å². The Labute approximate surface area is 137 Å². The lowest BCUT2D eigenvalue weighted by Crippen LogP contribution is -2.45. The first-order valence-electron chi connectivity index (χ1n) is 7.43. The summed E-state index contributed by atoms with van der Waals surface area (Å²) in [6.45, 7) is -0.0171. The molecule has 1 saturated carbocycles. The van der Waals surface area contributed by atoms with Crippen LogP contribution in [-0.2, 0) is 14.6 Å². The summed E-state index contributed by atoms with van der Waals surface area (Å²) in [6, 6.07) is 3.55. The highest BCUT2D eigenvalue weighted by atomic mass is 32.2. The molecule has 24 heavy (non-hydrogen) atoms. The van der Waals surface area contributed by atoms with Gasteiger partial charge in [-0.2, -0.15) is 5.26 Å². The third kappa shape index (κ3) is 2.99. The fraction of sp³-hybridized carbons (Fsp3) is 0.467. The van der Waals surface area contributed by atoms with E-state index in [9.17, 15) is 22.0 Å². The molecule has 9 heteroatoms. The quantitative estimate of drug-likeness (QED) is 0.773. The third-order valence-corrected chi connectivity index (χ3v) is 6.55. The number of nitrogens with one attached hydrogen (secondary N) is 2. The Kier molecular flexibility index (Phi) is 4.05. The minimum Gasteiger partial charge on any atom is -0.336 e. The Hall–Kier alpha value is -2.05. The van der Waals surface area contributed by atoms with E-state index in [1.807, 2.05) is 6.07 Å². The summed E-state index contributed by atoms with van der Waals surface area (Å²) in [5, 5.41) is 13.4. The van der Waals surface area contributed by atoms with Crippen molar-refractivity contribution in [3.8, 4) is 6.07 Å². The van der Waals surface area contributed by atoms with E-state index in [0.717, 1.165) is 12.1 Å². The fourth-order valence-corrected chi connectivity index (χ4v) is 4.45. The molecular weight excluding hydrogens is 340 g/mol. The second-order valence-electron chi connectivity index (χ2n) is 6.12. The van der Waals surface area contributed by atoms with Crippen LogP contribution in [0.15, 0.2) is 23.1 Å². The Morgan fingerprint density at radius 2 is 2.08 bits per heavy atom. The molecular formula is C15H15F2N3O3S. The van der Waals surface area contributed by atoms with Gasteiger partial charge in [0, 0.05) is 12.6 Å². The Morgan fingerprint density at radius 3 is 2.67 bits per heavy atom. The summed E-state index contributed by atoms with van der Waals surface area (Å²) >= 11 is 0. The maximum atomic E-state index is 13.8. The van der Waals surface area contributed by atoms with Crippen LogP contribution in [-0.4, -0.2) is 37.7 Å². The van der Waals surface area contributed by atoms with E-state index in [0.29, 0.717) is 18.9 Å². The van der Waals surface area contributed by atoms with Crippen LogP contribution in [0.5, 0.6) is 0 Å². The number of carbonyl (C=O) groups is 1. The second-order valence-corrected chi connectivity index (χ2v) is 8.32. The van der Waals surface area contributed by atoms with Gasteiger partial charge in [-0.05, 0) is 31.4 Å². The maximum absolute atomic E-state index is 13.8. The first-order chi connectivity index (χ1) is 11.3. The monoisotopic (exact) mass is 355 g/mol. The number of carbonyl (C=O) groups excluding carboxylic acids is 1. The van der Waals surface area contributed by atoms with Crippen molar-refractivity contribution in [1.82, 2.24) is 10.6 Å². The zero-order valence-corrected chi connectivity index (χ0v) is 13.4. The van der Waals surface area contributed by atoms with Crippen LogP contribution in [0.25, 0.3) is 0 Å². The molecule has 0 spiro atoms. The van der Waals surface area contributed by atoms with Crippen molar-refractivity contribution in [3.63, 3.8) is 0 Å². The van der Waals surface area contributed by atoms with E-state index in [-0.39, 0.29) is 13.0 Å². The maximum Gasteiger partial charge on any atom is 0.238 e. The van der Waals surface area contributed by atoms with Crippen molar-refractivity contribution < 1.29 is 22.0 Å². The summed E-state index contributed by atoms with van der Waals surface area (Å²) in [6.07, 6.45) is 1.11. The van der Waals surface area contributed by atoms with Gasteiger partial charge in [-0.3, -0.25) is 4.79 Å². The van der Waals surface area contributed by atoms with Gasteiger partial charge in [0.1, 0.15) is 22.1 Å². The van der Waals surface area contributed by atoms with Crippen molar-refractivity contribution in [2.24, 2.45) is 0 Å². The minimum absolute atomic E-state index is 0.0171. The lowest BCUT2D eigenvalue weighted by atomic mass is 10.2. The van der Waals surface area contributed by atoms with Gasteiger partial charge in [0.15, 0.2) is 9.84 Å². The zero-order valence-electron chi connectivity index (χ0n) is 12.6. The molecule has 128 valence electrons. The molecule has 3 rings (SSSR count). The molecule has 2 aliphatic rings. The van der Waals surface area contributed by atoms with Crippen LogP contribution in [0.3, 0.4) is 0 Å². The highest BCUT2D eigenvalue weighted by Crippen LogP contribution is 2.34. The van der Waals surface area contributed by atoms with Gasteiger partial charge in [0.05, 0.1) is 17.4 Å². The number of sulfone groups is 1. The summed E-state index contributed by atoms with van der Waals surface area (Å²) in [5.41, 5.74) is -0.835.